The third-order valence-electron chi connectivity index (χ3n) is 5.36. The highest BCUT2D eigenvalue weighted by Crippen LogP contribution is 2.30. The summed E-state index contributed by atoms with van der Waals surface area (Å²) < 4.78 is 0. The number of carbonyl (C=O) groups excluding carboxylic acids is 1. The van der Waals surface area contributed by atoms with E-state index in [9.17, 15) is 4.79 Å². The molecule has 1 aliphatic heterocycles. The van der Waals surface area contributed by atoms with E-state index in [1.54, 1.807) is 4.90 Å². The lowest BCUT2D eigenvalue weighted by atomic mass is 10.1. The van der Waals surface area contributed by atoms with E-state index in [0.717, 1.165) is 58.9 Å². The molecule has 8 nitrogen and oxygen atoms in total. The Kier molecular flexibility index (Phi) is 4.59. The molecule has 1 fully saturated rings. The fraction of sp³-hybridized carbons (Fsp3) is 0.227. The first-order valence-electron chi connectivity index (χ1n) is 9.90. The molecular weight excluding hydrogens is 378 g/mol. The summed E-state index contributed by atoms with van der Waals surface area (Å²) >= 11 is 0. The summed E-state index contributed by atoms with van der Waals surface area (Å²) in [7, 11) is 0. The molecule has 5 rings (SSSR count). The maximum atomic E-state index is 11.0. The number of aromatic nitrogens is 5. The molecule has 0 radical (unpaired) electrons. The predicted molar refractivity (Wildman–Crippen MR) is 115 cm³/mol. The number of piperazine rings is 1. The highest BCUT2D eigenvalue weighted by atomic mass is 16.1. The van der Waals surface area contributed by atoms with Crippen LogP contribution in [0.4, 0.5) is 5.69 Å². The second-order valence-electron chi connectivity index (χ2n) is 7.36. The molecule has 0 spiro atoms. The lowest BCUT2D eigenvalue weighted by Gasteiger charge is -2.34. The Morgan fingerprint density at radius 1 is 1.03 bits per heavy atom. The summed E-state index contributed by atoms with van der Waals surface area (Å²) in [5.41, 5.74) is 5.19. The van der Waals surface area contributed by atoms with Crippen LogP contribution in [0.5, 0.6) is 0 Å². The Bertz CT molecular complexity index is 1210. The highest BCUT2D eigenvalue weighted by molar-refractivity contribution is 5.92. The molecule has 0 saturated carbocycles. The van der Waals surface area contributed by atoms with Crippen LogP contribution < -0.4 is 4.90 Å². The van der Waals surface area contributed by atoms with Gasteiger partial charge in [0.05, 0.1) is 17.6 Å². The zero-order valence-corrected chi connectivity index (χ0v) is 16.6. The Labute approximate surface area is 173 Å². The number of pyridine rings is 2. The molecule has 4 aromatic heterocycles. The molecule has 1 saturated heterocycles. The Morgan fingerprint density at radius 3 is 2.70 bits per heavy atom. The van der Waals surface area contributed by atoms with E-state index >= 15 is 0 Å². The van der Waals surface area contributed by atoms with Crippen molar-refractivity contribution in [1.82, 2.24) is 29.8 Å². The summed E-state index contributed by atoms with van der Waals surface area (Å²) in [6, 6.07) is 9.91. The van der Waals surface area contributed by atoms with Crippen molar-refractivity contribution in [2.24, 2.45) is 0 Å². The van der Waals surface area contributed by atoms with Crippen molar-refractivity contribution in [1.29, 1.82) is 0 Å². The monoisotopic (exact) mass is 399 g/mol. The van der Waals surface area contributed by atoms with Gasteiger partial charge in [0.2, 0.25) is 6.41 Å². The van der Waals surface area contributed by atoms with E-state index < -0.39 is 0 Å². The summed E-state index contributed by atoms with van der Waals surface area (Å²) in [5, 5.41) is 0.941. The van der Waals surface area contributed by atoms with Crippen molar-refractivity contribution in [2.75, 3.05) is 31.1 Å². The minimum absolute atomic E-state index is 0.577. The van der Waals surface area contributed by atoms with Gasteiger partial charge < -0.3 is 14.8 Å². The fourth-order valence-electron chi connectivity index (χ4n) is 3.76. The number of rotatable bonds is 4. The average Bonchev–Trinajstić information content (AvgIpc) is 3.27. The molecule has 8 heteroatoms. The first-order valence-corrected chi connectivity index (χ1v) is 9.90. The fourth-order valence-corrected chi connectivity index (χ4v) is 3.76. The standard InChI is InChI=1S/C22H21N7O/c1-15-3-2-4-19(25-15)22-26-20(18-5-6-24-21(18)27-22)16-11-17(13-23-12-16)29-9-7-28(14-30)8-10-29/h2-6,11-14H,7-10H2,1H3,(H,24,26,27). The molecule has 1 amide bonds. The van der Waals surface area contributed by atoms with Gasteiger partial charge in [-0.3, -0.25) is 9.78 Å². The Morgan fingerprint density at radius 2 is 1.90 bits per heavy atom. The molecule has 30 heavy (non-hydrogen) atoms. The lowest BCUT2D eigenvalue weighted by Crippen LogP contribution is -2.45. The number of aryl methyl sites for hydroxylation is 1. The van der Waals surface area contributed by atoms with Crippen LogP contribution in [0.1, 0.15) is 5.69 Å². The van der Waals surface area contributed by atoms with Crippen LogP contribution in [0, 0.1) is 6.92 Å². The number of hydrogen-bond acceptors (Lipinski definition) is 6. The minimum Gasteiger partial charge on any atom is -0.367 e. The van der Waals surface area contributed by atoms with Crippen LogP contribution in [-0.4, -0.2) is 62.4 Å². The molecule has 150 valence electrons. The number of fused-ring (bicyclic) bond motifs is 1. The zero-order chi connectivity index (χ0) is 20.5. The smallest absolute Gasteiger partial charge is 0.209 e. The van der Waals surface area contributed by atoms with Crippen LogP contribution in [0.2, 0.25) is 0 Å². The van der Waals surface area contributed by atoms with Gasteiger partial charge in [0.15, 0.2) is 5.82 Å². The van der Waals surface area contributed by atoms with Crippen LogP contribution in [0.15, 0.2) is 48.9 Å². The SMILES string of the molecule is Cc1cccc(-c2nc(-c3cncc(N4CCN(C=O)CC4)c3)c3cc[nH]c3n2)n1. The third kappa shape index (κ3) is 3.36. The van der Waals surface area contributed by atoms with Crippen molar-refractivity contribution >= 4 is 23.1 Å². The van der Waals surface area contributed by atoms with Gasteiger partial charge in [-0.15, -0.1) is 0 Å². The molecule has 0 atom stereocenters. The predicted octanol–water partition coefficient (Wildman–Crippen LogP) is 2.67. The summed E-state index contributed by atoms with van der Waals surface area (Å²) in [5.74, 6) is 0.577. The number of nitrogens with zero attached hydrogens (tertiary/aromatic N) is 6. The van der Waals surface area contributed by atoms with Crippen molar-refractivity contribution in [3.63, 3.8) is 0 Å². The van der Waals surface area contributed by atoms with Crippen molar-refractivity contribution < 1.29 is 4.79 Å². The first kappa shape index (κ1) is 18.2. The van der Waals surface area contributed by atoms with Crippen molar-refractivity contribution in [3.05, 3.63) is 54.6 Å². The van der Waals surface area contributed by atoms with Crippen LogP contribution >= 0.6 is 0 Å². The number of H-pyrrole nitrogens is 1. The van der Waals surface area contributed by atoms with Gasteiger partial charge >= 0.3 is 0 Å². The number of aromatic amines is 1. The summed E-state index contributed by atoms with van der Waals surface area (Å²) in [4.78, 5) is 36.8. The quantitative estimate of drug-likeness (QED) is 0.531. The lowest BCUT2D eigenvalue weighted by molar-refractivity contribution is -0.118. The third-order valence-corrected chi connectivity index (χ3v) is 5.36. The number of nitrogens with one attached hydrogen (secondary N) is 1. The van der Waals surface area contributed by atoms with Gasteiger partial charge in [0.1, 0.15) is 11.3 Å². The van der Waals surface area contributed by atoms with E-state index in [2.05, 4.69) is 30.9 Å². The number of hydrogen-bond donors (Lipinski definition) is 1. The van der Waals surface area contributed by atoms with Crippen molar-refractivity contribution in [2.45, 2.75) is 6.92 Å². The normalized spacial score (nSPS) is 14.3. The average molecular weight is 399 g/mol. The maximum Gasteiger partial charge on any atom is 0.209 e. The minimum atomic E-state index is 0.577. The molecule has 0 bridgehead atoms. The molecule has 0 aliphatic carbocycles. The maximum absolute atomic E-state index is 11.0. The van der Waals surface area contributed by atoms with Gasteiger partial charge in [0.25, 0.3) is 0 Å². The highest BCUT2D eigenvalue weighted by Gasteiger charge is 2.18. The summed E-state index contributed by atoms with van der Waals surface area (Å²) in [6.07, 6.45) is 6.47. The van der Waals surface area contributed by atoms with Crippen LogP contribution in [0.25, 0.3) is 33.8 Å². The zero-order valence-electron chi connectivity index (χ0n) is 16.6. The van der Waals surface area contributed by atoms with E-state index in [1.165, 1.54) is 0 Å². The first-order chi connectivity index (χ1) is 14.7. The second-order valence-corrected chi connectivity index (χ2v) is 7.36. The number of carbonyl (C=O) groups is 1. The van der Waals surface area contributed by atoms with E-state index in [0.29, 0.717) is 18.9 Å². The Balaban J connectivity index is 1.56. The van der Waals surface area contributed by atoms with Gasteiger partial charge in [-0.05, 0) is 31.2 Å². The van der Waals surface area contributed by atoms with Crippen molar-refractivity contribution in [3.8, 4) is 22.8 Å². The number of amides is 1. The van der Waals surface area contributed by atoms with E-state index in [-0.39, 0.29) is 0 Å². The van der Waals surface area contributed by atoms with Crippen LogP contribution in [0.3, 0.4) is 0 Å². The molecule has 0 unspecified atom stereocenters. The molecule has 1 N–H and O–H groups in total. The summed E-state index contributed by atoms with van der Waals surface area (Å²) in [6.45, 7) is 4.95. The largest absolute Gasteiger partial charge is 0.367 e. The van der Waals surface area contributed by atoms with E-state index in [1.807, 2.05) is 49.8 Å². The topological polar surface area (TPSA) is 90.9 Å². The number of anilines is 1. The Hall–Kier alpha value is -3.81. The molecule has 0 aromatic carbocycles. The van der Waals surface area contributed by atoms with Gasteiger partial charge in [-0.2, -0.15) is 0 Å². The second kappa shape index (κ2) is 7.55. The van der Waals surface area contributed by atoms with Crippen LogP contribution in [-0.2, 0) is 4.79 Å². The van der Waals surface area contributed by atoms with Gasteiger partial charge in [-0.25, -0.2) is 15.0 Å². The van der Waals surface area contributed by atoms with E-state index in [4.69, 9.17) is 4.98 Å². The molecule has 5 heterocycles. The molecule has 4 aromatic rings. The van der Waals surface area contributed by atoms with Gasteiger partial charge in [0, 0.05) is 55.2 Å². The van der Waals surface area contributed by atoms with Gasteiger partial charge in [-0.1, -0.05) is 6.07 Å². The molecular formula is C22H21N7O. The molecule has 1 aliphatic rings.